The van der Waals surface area contributed by atoms with Crippen molar-refractivity contribution >= 4 is 17.4 Å². The number of anilines is 1. The van der Waals surface area contributed by atoms with Crippen molar-refractivity contribution in [3.05, 3.63) is 53.5 Å². The normalized spacial score (nSPS) is 15.5. The average Bonchev–Trinajstić information content (AvgIpc) is 3.38. The number of carbonyl (C=O) groups excluding carboxylic acids is 1. The van der Waals surface area contributed by atoms with E-state index in [9.17, 15) is 4.79 Å². The molecule has 32 heavy (non-hydrogen) atoms. The van der Waals surface area contributed by atoms with E-state index >= 15 is 0 Å². The number of carbonyl (C=O) groups is 1. The molecule has 1 amide bonds. The molecule has 0 fully saturated rings. The molecule has 1 N–H and O–H groups in total. The Labute approximate surface area is 184 Å². The molecule has 1 atom stereocenters. The van der Waals surface area contributed by atoms with Crippen LogP contribution in [-0.4, -0.2) is 48.7 Å². The van der Waals surface area contributed by atoms with E-state index in [4.69, 9.17) is 14.6 Å². The number of hydrogen-bond acceptors (Lipinski definition) is 7. The minimum atomic E-state index is -0.166. The van der Waals surface area contributed by atoms with Crippen LogP contribution in [0.25, 0.3) is 11.5 Å². The Bertz CT molecular complexity index is 1310. The smallest absolute Gasteiger partial charge is 0.226 e. The quantitative estimate of drug-likeness (QED) is 0.498. The largest absolute Gasteiger partial charge is 0.490 e. The molecule has 1 aliphatic rings. The second-order valence-electron chi connectivity index (χ2n) is 7.46. The van der Waals surface area contributed by atoms with E-state index in [0.717, 1.165) is 16.8 Å². The first kappa shape index (κ1) is 20.0. The molecule has 4 aromatic rings. The zero-order valence-corrected chi connectivity index (χ0v) is 18.1. The summed E-state index contributed by atoms with van der Waals surface area (Å²) in [5.74, 6) is 2.29. The molecule has 0 bridgehead atoms. The highest BCUT2D eigenvalue weighted by atomic mass is 16.5. The lowest BCUT2D eigenvalue weighted by atomic mass is 9.85. The van der Waals surface area contributed by atoms with Gasteiger partial charge in [-0.1, -0.05) is 6.07 Å². The third kappa shape index (κ3) is 3.33. The van der Waals surface area contributed by atoms with Crippen LogP contribution >= 0.6 is 0 Å². The molecule has 1 aliphatic heterocycles. The van der Waals surface area contributed by atoms with E-state index in [1.807, 2.05) is 45.0 Å². The number of amides is 1. The molecule has 5 rings (SSSR count). The van der Waals surface area contributed by atoms with Gasteiger partial charge in [-0.05, 0) is 50.6 Å². The SMILES string of the molecule is CCOc1ccc(C2CC(=O)Nc3c2c(C)nn3-c2ccc3nncn3n2)cc1OCC. The van der Waals surface area contributed by atoms with E-state index in [0.29, 0.717) is 48.4 Å². The Kier molecular flexibility index (Phi) is 4.96. The Morgan fingerprint density at radius 2 is 1.91 bits per heavy atom. The summed E-state index contributed by atoms with van der Waals surface area (Å²) in [5.41, 5.74) is 3.38. The summed E-state index contributed by atoms with van der Waals surface area (Å²) in [6.07, 6.45) is 1.84. The fraction of sp³-hybridized carbons (Fsp3) is 0.318. The van der Waals surface area contributed by atoms with E-state index in [1.165, 1.54) is 6.33 Å². The molecule has 10 nitrogen and oxygen atoms in total. The second kappa shape index (κ2) is 7.95. The van der Waals surface area contributed by atoms with Crippen LogP contribution in [0.3, 0.4) is 0 Å². The van der Waals surface area contributed by atoms with Crippen LogP contribution in [-0.2, 0) is 4.79 Å². The highest BCUT2D eigenvalue weighted by Gasteiger charge is 2.33. The molecule has 164 valence electrons. The zero-order valence-electron chi connectivity index (χ0n) is 18.1. The summed E-state index contributed by atoms with van der Waals surface area (Å²) < 4.78 is 14.7. The summed E-state index contributed by atoms with van der Waals surface area (Å²) in [6, 6.07) is 9.45. The van der Waals surface area contributed by atoms with E-state index in [1.54, 1.807) is 15.3 Å². The van der Waals surface area contributed by atoms with Gasteiger partial charge in [-0.15, -0.1) is 15.3 Å². The van der Waals surface area contributed by atoms with E-state index in [2.05, 4.69) is 20.6 Å². The molecule has 4 heterocycles. The maximum Gasteiger partial charge on any atom is 0.226 e. The first-order valence-corrected chi connectivity index (χ1v) is 10.5. The Balaban J connectivity index is 1.61. The van der Waals surface area contributed by atoms with Crippen molar-refractivity contribution in [2.24, 2.45) is 0 Å². The van der Waals surface area contributed by atoms with Crippen LogP contribution in [0.1, 0.15) is 43.0 Å². The van der Waals surface area contributed by atoms with E-state index < -0.39 is 0 Å². The number of rotatable bonds is 6. The number of hydrogen-bond donors (Lipinski definition) is 1. The van der Waals surface area contributed by atoms with Crippen molar-refractivity contribution < 1.29 is 14.3 Å². The molecule has 1 unspecified atom stereocenters. The van der Waals surface area contributed by atoms with Gasteiger partial charge in [0.05, 0.1) is 18.9 Å². The van der Waals surface area contributed by atoms with E-state index in [-0.39, 0.29) is 11.8 Å². The van der Waals surface area contributed by atoms with Crippen LogP contribution in [0.4, 0.5) is 5.82 Å². The molecular weight excluding hydrogens is 410 g/mol. The standard InChI is InChI=1S/C22H23N7O3/c1-4-31-16-7-6-14(10-17(16)32-5-2)15-11-20(30)24-22-21(15)13(3)26-29(22)19-9-8-18-25-23-12-28(18)27-19/h6-10,12,15H,4-5,11H2,1-3H3,(H,24,30). The molecule has 10 heteroatoms. The molecule has 0 aliphatic carbocycles. The summed E-state index contributed by atoms with van der Waals surface area (Å²) in [4.78, 5) is 12.7. The second-order valence-corrected chi connectivity index (χ2v) is 7.46. The number of fused-ring (bicyclic) bond motifs is 2. The number of benzene rings is 1. The van der Waals surface area contributed by atoms with Gasteiger partial charge >= 0.3 is 0 Å². The lowest BCUT2D eigenvalue weighted by Crippen LogP contribution is -2.25. The summed E-state index contributed by atoms with van der Waals surface area (Å²) >= 11 is 0. The lowest BCUT2D eigenvalue weighted by molar-refractivity contribution is -0.116. The van der Waals surface area contributed by atoms with Gasteiger partial charge in [0.15, 0.2) is 23.0 Å². The van der Waals surface area contributed by atoms with Crippen molar-refractivity contribution in [3.63, 3.8) is 0 Å². The molecule has 0 radical (unpaired) electrons. The predicted octanol–water partition coefficient (Wildman–Crippen LogP) is 2.89. The molecule has 0 saturated carbocycles. The van der Waals surface area contributed by atoms with Gasteiger partial charge in [-0.2, -0.15) is 14.3 Å². The molecule has 1 aromatic carbocycles. The first-order valence-electron chi connectivity index (χ1n) is 10.5. The van der Waals surface area contributed by atoms with Gasteiger partial charge in [0.1, 0.15) is 12.1 Å². The minimum Gasteiger partial charge on any atom is -0.490 e. The predicted molar refractivity (Wildman–Crippen MR) is 117 cm³/mol. The average molecular weight is 433 g/mol. The summed E-state index contributed by atoms with van der Waals surface area (Å²) in [6.45, 7) is 6.88. The molecule has 0 spiro atoms. The Morgan fingerprint density at radius 3 is 2.72 bits per heavy atom. The van der Waals surface area contributed by atoms with Crippen molar-refractivity contribution in [2.45, 2.75) is 33.1 Å². The van der Waals surface area contributed by atoms with Crippen LogP contribution in [0, 0.1) is 6.92 Å². The van der Waals surface area contributed by atoms with Gasteiger partial charge < -0.3 is 14.8 Å². The fourth-order valence-corrected chi connectivity index (χ4v) is 4.11. The monoisotopic (exact) mass is 433 g/mol. The van der Waals surface area contributed by atoms with Gasteiger partial charge in [-0.3, -0.25) is 4.79 Å². The van der Waals surface area contributed by atoms with Crippen LogP contribution in [0.5, 0.6) is 11.5 Å². The summed E-state index contributed by atoms with van der Waals surface area (Å²) in [5, 5.41) is 20.1. The topological polar surface area (TPSA) is 108 Å². The lowest BCUT2D eigenvalue weighted by Gasteiger charge is -2.25. The summed E-state index contributed by atoms with van der Waals surface area (Å²) in [7, 11) is 0. The fourth-order valence-electron chi connectivity index (χ4n) is 4.11. The van der Waals surface area contributed by atoms with Crippen molar-refractivity contribution in [2.75, 3.05) is 18.5 Å². The minimum absolute atomic E-state index is 0.0825. The highest BCUT2D eigenvalue weighted by Crippen LogP contribution is 2.42. The van der Waals surface area contributed by atoms with Crippen molar-refractivity contribution in [1.82, 2.24) is 29.6 Å². The van der Waals surface area contributed by atoms with Crippen molar-refractivity contribution in [3.8, 4) is 17.3 Å². The van der Waals surface area contributed by atoms with Gasteiger partial charge in [-0.25, -0.2) is 0 Å². The molecule has 3 aromatic heterocycles. The number of aromatic nitrogens is 6. The van der Waals surface area contributed by atoms with Gasteiger partial charge in [0, 0.05) is 17.9 Å². The number of aryl methyl sites for hydroxylation is 1. The Morgan fingerprint density at radius 1 is 1.09 bits per heavy atom. The number of nitrogens with one attached hydrogen (secondary N) is 1. The van der Waals surface area contributed by atoms with Gasteiger partial charge in [0.2, 0.25) is 5.91 Å². The molecular formula is C22H23N7O3. The highest BCUT2D eigenvalue weighted by molar-refractivity contribution is 5.95. The third-order valence-corrected chi connectivity index (χ3v) is 5.44. The number of ether oxygens (including phenoxy) is 2. The molecule has 0 saturated heterocycles. The Hall–Kier alpha value is -3.95. The maximum atomic E-state index is 12.7. The first-order chi connectivity index (χ1) is 15.6. The maximum absolute atomic E-state index is 12.7. The van der Waals surface area contributed by atoms with Crippen LogP contribution in [0.2, 0.25) is 0 Å². The zero-order chi connectivity index (χ0) is 22.2. The number of nitrogens with zero attached hydrogens (tertiary/aromatic N) is 6. The third-order valence-electron chi connectivity index (χ3n) is 5.44. The van der Waals surface area contributed by atoms with Crippen molar-refractivity contribution in [1.29, 1.82) is 0 Å². The van der Waals surface area contributed by atoms with Gasteiger partial charge in [0.25, 0.3) is 0 Å². The van der Waals surface area contributed by atoms with Crippen LogP contribution < -0.4 is 14.8 Å². The van der Waals surface area contributed by atoms with Crippen LogP contribution in [0.15, 0.2) is 36.7 Å².